The first-order chi connectivity index (χ1) is 8.19. The van der Waals surface area contributed by atoms with E-state index in [0.29, 0.717) is 12.6 Å². The maximum atomic E-state index is 11.8. The van der Waals surface area contributed by atoms with E-state index < -0.39 is 0 Å². The van der Waals surface area contributed by atoms with Gasteiger partial charge < -0.3 is 10.6 Å². The summed E-state index contributed by atoms with van der Waals surface area (Å²) >= 11 is 0. The molecule has 4 rings (SSSR count). The summed E-state index contributed by atoms with van der Waals surface area (Å²) < 4.78 is 0. The predicted octanol–water partition coefficient (Wildman–Crippen LogP) is 1.62. The van der Waals surface area contributed by atoms with Gasteiger partial charge in [-0.15, -0.1) is 0 Å². The third kappa shape index (κ3) is 1.88. The van der Waals surface area contributed by atoms with E-state index in [4.69, 9.17) is 5.73 Å². The van der Waals surface area contributed by atoms with Crippen LogP contribution < -0.4 is 5.73 Å². The highest BCUT2D eigenvalue weighted by Gasteiger charge is 2.50. The molecule has 0 aromatic heterocycles. The van der Waals surface area contributed by atoms with Gasteiger partial charge in [-0.3, -0.25) is 4.79 Å². The number of carbonyl (C=O) groups excluding carboxylic acids is 1. The Morgan fingerprint density at radius 1 is 1.12 bits per heavy atom. The summed E-state index contributed by atoms with van der Waals surface area (Å²) in [5.41, 5.74) is 5.67. The van der Waals surface area contributed by atoms with Crippen molar-refractivity contribution in [2.45, 2.75) is 45.1 Å². The zero-order valence-corrected chi connectivity index (χ0v) is 10.8. The number of amides is 1. The van der Waals surface area contributed by atoms with Crippen LogP contribution in [0.1, 0.15) is 39.0 Å². The highest BCUT2D eigenvalue weighted by molar-refractivity contribution is 5.73. The monoisotopic (exact) mass is 236 g/mol. The lowest BCUT2D eigenvalue weighted by molar-refractivity contribution is -0.141. The maximum absolute atomic E-state index is 11.8. The van der Waals surface area contributed by atoms with Crippen molar-refractivity contribution in [2.75, 3.05) is 13.1 Å². The molecular formula is C14H24N2O. The van der Waals surface area contributed by atoms with Crippen LogP contribution in [0.5, 0.6) is 0 Å². The van der Waals surface area contributed by atoms with Crippen LogP contribution in [0.2, 0.25) is 0 Å². The highest BCUT2D eigenvalue weighted by Crippen LogP contribution is 2.55. The van der Waals surface area contributed by atoms with E-state index in [-0.39, 0.29) is 5.91 Å². The molecule has 0 aromatic carbocycles. The molecule has 0 spiro atoms. The largest absolute Gasteiger partial charge is 0.338 e. The molecule has 4 aliphatic rings. The van der Waals surface area contributed by atoms with Crippen LogP contribution >= 0.6 is 0 Å². The van der Waals surface area contributed by atoms with E-state index in [0.717, 1.165) is 30.2 Å². The van der Waals surface area contributed by atoms with Gasteiger partial charge in [0.1, 0.15) is 0 Å². The predicted molar refractivity (Wildman–Crippen MR) is 67.3 cm³/mol. The summed E-state index contributed by atoms with van der Waals surface area (Å²) in [6.45, 7) is 3.06. The van der Waals surface area contributed by atoms with Crippen molar-refractivity contribution in [2.24, 2.45) is 29.4 Å². The quantitative estimate of drug-likeness (QED) is 0.809. The van der Waals surface area contributed by atoms with Gasteiger partial charge >= 0.3 is 0 Å². The van der Waals surface area contributed by atoms with Gasteiger partial charge in [0.25, 0.3) is 0 Å². The molecule has 0 aliphatic heterocycles. The topological polar surface area (TPSA) is 46.3 Å². The van der Waals surface area contributed by atoms with Crippen LogP contribution in [-0.4, -0.2) is 29.9 Å². The van der Waals surface area contributed by atoms with Crippen LogP contribution in [-0.2, 0) is 4.79 Å². The lowest BCUT2D eigenvalue weighted by Gasteiger charge is -2.57. The van der Waals surface area contributed by atoms with Gasteiger partial charge in [0.05, 0.1) is 0 Å². The number of hydrogen-bond donors (Lipinski definition) is 1. The normalized spacial score (nSPS) is 42.8. The summed E-state index contributed by atoms with van der Waals surface area (Å²) in [5, 5.41) is 0. The molecule has 0 aromatic rings. The Kier molecular flexibility index (Phi) is 2.89. The number of carbonyl (C=O) groups is 1. The molecule has 17 heavy (non-hydrogen) atoms. The number of rotatable bonds is 3. The SMILES string of the molecule is CC(=O)N(CCN)C1C2CC3CC(C2)CC1C3. The fourth-order valence-corrected chi connectivity index (χ4v) is 5.06. The minimum absolute atomic E-state index is 0.230. The van der Waals surface area contributed by atoms with Gasteiger partial charge in [-0.05, 0) is 55.8 Å². The van der Waals surface area contributed by atoms with Gasteiger partial charge in [-0.1, -0.05) is 0 Å². The molecule has 0 atom stereocenters. The maximum Gasteiger partial charge on any atom is 0.219 e. The molecule has 3 heteroatoms. The van der Waals surface area contributed by atoms with E-state index in [1.54, 1.807) is 6.92 Å². The Bertz CT molecular complexity index is 287. The summed E-state index contributed by atoms with van der Waals surface area (Å²) in [6, 6.07) is 0.517. The summed E-state index contributed by atoms with van der Waals surface area (Å²) in [5.74, 6) is 3.73. The van der Waals surface area contributed by atoms with E-state index in [1.165, 1.54) is 32.1 Å². The average Bonchev–Trinajstić information content (AvgIpc) is 2.26. The Balaban J connectivity index is 1.80. The van der Waals surface area contributed by atoms with Crippen molar-refractivity contribution < 1.29 is 4.79 Å². The van der Waals surface area contributed by atoms with Crippen LogP contribution in [0, 0.1) is 23.7 Å². The molecule has 0 unspecified atom stereocenters. The third-order valence-electron chi connectivity index (χ3n) is 5.31. The third-order valence-corrected chi connectivity index (χ3v) is 5.31. The van der Waals surface area contributed by atoms with Crippen molar-refractivity contribution in [1.29, 1.82) is 0 Å². The molecule has 2 N–H and O–H groups in total. The van der Waals surface area contributed by atoms with Crippen LogP contribution in [0.15, 0.2) is 0 Å². The van der Waals surface area contributed by atoms with Gasteiger partial charge in [-0.2, -0.15) is 0 Å². The lowest BCUT2D eigenvalue weighted by Crippen LogP contribution is -2.57. The number of nitrogens with zero attached hydrogens (tertiary/aromatic N) is 1. The number of nitrogens with two attached hydrogens (primary N) is 1. The van der Waals surface area contributed by atoms with Crippen LogP contribution in [0.25, 0.3) is 0 Å². The second kappa shape index (κ2) is 4.27. The van der Waals surface area contributed by atoms with Crippen molar-refractivity contribution in [3.63, 3.8) is 0 Å². The molecule has 4 saturated carbocycles. The smallest absolute Gasteiger partial charge is 0.219 e. The number of hydrogen-bond acceptors (Lipinski definition) is 2. The second-order valence-electron chi connectivity index (χ2n) is 6.42. The van der Waals surface area contributed by atoms with Gasteiger partial charge in [0.15, 0.2) is 0 Å². The van der Waals surface area contributed by atoms with Crippen molar-refractivity contribution in [1.82, 2.24) is 4.90 Å². The Morgan fingerprint density at radius 3 is 2.06 bits per heavy atom. The summed E-state index contributed by atoms with van der Waals surface area (Å²) in [4.78, 5) is 13.9. The molecule has 3 nitrogen and oxygen atoms in total. The van der Waals surface area contributed by atoms with E-state index in [9.17, 15) is 4.79 Å². The minimum Gasteiger partial charge on any atom is -0.338 e. The molecule has 0 heterocycles. The minimum atomic E-state index is 0.230. The first-order valence-corrected chi connectivity index (χ1v) is 7.16. The van der Waals surface area contributed by atoms with Gasteiger partial charge in [0.2, 0.25) is 5.91 Å². The Morgan fingerprint density at radius 2 is 1.65 bits per heavy atom. The fraction of sp³-hybridized carbons (Fsp3) is 0.929. The molecule has 96 valence electrons. The summed E-state index contributed by atoms with van der Waals surface area (Å²) in [7, 11) is 0. The van der Waals surface area contributed by atoms with Gasteiger partial charge in [-0.25, -0.2) is 0 Å². The Labute approximate surface area is 104 Å². The fourth-order valence-electron chi connectivity index (χ4n) is 5.06. The molecule has 1 amide bonds. The molecule has 4 bridgehead atoms. The van der Waals surface area contributed by atoms with Crippen LogP contribution in [0.3, 0.4) is 0 Å². The van der Waals surface area contributed by atoms with E-state index in [1.807, 2.05) is 0 Å². The first kappa shape index (κ1) is 11.5. The standard InChI is InChI=1S/C14H24N2O/c1-9(17)16(3-2-15)14-12-5-10-4-11(7-12)8-13(14)6-10/h10-14H,2-8,15H2,1H3. The highest BCUT2D eigenvalue weighted by atomic mass is 16.2. The average molecular weight is 236 g/mol. The van der Waals surface area contributed by atoms with Crippen molar-refractivity contribution >= 4 is 5.91 Å². The van der Waals surface area contributed by atoms with Crippen molar-refractivity contribution in [3.05, 3.63) is 0 Å². The zero-order valence-electron chi connectivity index (χ0n) is 10.8. The second-order valence-corrected chi connectivity index (χ2v) is 6.42. The van der Waals surface area contributed by atoms with E-state index >= 15 is 0 Å². The van der Waals surface area contributed by atoms with Crippen LogP contribution in [0.4, 0.5) is 0 Å². The first-order valence-electron chi connectivity index (χ1n) is 7.16. The van der Waals surface area contributed by atoms with E-state index in [2.05, 4.69) is 4.90 Å². The molecule has 0 radical (unpaired) electrons. The summed E-state index contributed by atoms with van der Waals surface area (Å²) in [6.07, 6.45) is 6.94. The van der Waals surface area contributed by atoms with Crippen molar-refractivity contribution in [3.8, 4) is 0 Å². The molecule has 4 fully saturated rings. The van der Waals surface area contributed by atoms with Gasteiger partial charge in [0, 0.05) is 26.1 Å². The molecule has 4 aliphatic carbocycles. The molecule has 0 saturated heterocycles. The molecular weight excluding hydrogens is 212 g/mol. The Hall–Kier alpha value is -0.570. The zero-order chi connectivity index (χ0) is 12.0. The lowest BCUT2D eigenvalue weighted by atomic mass is 9.54.